The monoisotopic (exact) mass is 403 g/mol. The minimum atomic E-state index is -0.0615. The molecular formula is C24H29N5O. The Balaban J connectivity index is 1.46. The number of imidazole rings is 1. The van der Waals surface area contributed by atoms with E-state index < -0.39 is 0 Å². The van der Waals surface area contributed by atoms with E-state index in [2.05, 4.69) is 52.1 Å². The number of nitrogens with one attached hydrogen (secondary N) is 2. The Hall–Kier alpha value is -3.02. The van der Waals surface area contributed by atoms with Gasteiger partial charge in [0.05, 0.1) is 11.1 Å². The van der Waals surface area contributed by atoms with Gasteiger partial charge in [0, 0.05) is 31.6 Å². The quantitative estimate of drug-likeness (QED) is 0.605. The molecule has 30 heavy (non-hydrogen) atoms. The number of H-pyrrole nitrogens is 1. The summed E-state index contributed by atoms with van der Waals surface area (Å²) in [6.45, 7) is 7.40. The number of fused-ring (bicyclic) bond motifs is 1. The van der Waals surface area contributed by atoms with Crippen molar-refractivity contribution in [2.75, 3.05) is 6.54 Å². The Bertz CT molecular complexity index is 1010. The van der Waals surface area contributed by atoms with E-state index in [-0.39, 0.29) is 5.91 Å². The first-order valence-corrected chi connectivity index (χ1v) is 10.7. The summed E-state index contributed by atoms with van der Waals surface area (Å²) in [5.41, 5.74) is 3.75. The van der Waals surface area contributed by atoms with Gasteiger partial charge in [-0.1, -0.05) is 25.5 Å². The molecule has 1 aliphatic rings. The fourth-order valence-electron chi connectivity index (χ4n) is 4.54. The number of nitrogens with zero attached hydrogens (tertiary/aromatic N) is 3. The third-order valence-electron chi connectivity index (χ3n) is 6.25. The molecule has 0 saturated heterocycles. The van der Waals surface area contributed by atoms with Crippen LogP contribution in [0.2, 0.25) is 0 Å². The Labute approximate surface area is 177 Å². The molecule has 3 unspecified atom stereocenters. The van der Waals surface area contributed by atoms with Gasteiger partial charge in [0.1, 0.15) is 5.82 Å². The molecule has 3 aromatic rings. The predicted molar refractivity (Wildman–Crippen MR) is 118 cm³/mol. The molecule has 0 radical (unpaired) electrons. The molecule has 2 N–H and O–H groups in total. The van der Waals surface area contributed by atoms with Gasteiger partial charge < -0.3 is 10.3 Å². The van der Waals surface area contributed by atoms with E-state index in [1.807, 2.05) is 12.1 Å². The topological polar surface area (TPSA) is 83.6 Å². The van der Waals surface area contributed by atoms with Crippen LogP contribution in [0.5, 0.6) is 0 Å². The Morgan fingerprint density at radius 1 is 1.27 bits per heavy atom. The van der Waals surface area contributed by atoms with E-state index in [4.69, 9.17) is 0 Å². The molecule has 0 fully saturated rings. The second-order valence-corrected chi connectivity index (χ2v) is 8.63. The van der Waals surface area contributed by atoms with Crippen LogP contribution in [0.3, 0.4) is 0 Å². The minimum Gasteiger partial charge on any atom is -0.351 e. The molecule has 3 heterocycles. The van der Waals surface area contributed by atoms with Crippen molar-refractivity contribution in [2.24, 2.45) is 23.7 Å². The van der Waals surface area contributed by atoms with Crippen LogP contribution in [0.25, 0.3) is 11.2 Å². The highest BCUT2D eigenvalue weighted by molar-refractivity contribution is 5.93. The lowest BCUT2D eigenvalue weighted by Gasteiger charge is -2.37. The molecule has 3 aromatic heterocycles. The summed E-state index contributed by atoms with van der Waals surface area (Å²) in [7, 11) is 0. The van der Waals surface area contributed by atoms with E-state index in [1.54, 1.807) is 30.7 Å². The van der Waals surface area contributed by atoms with Crippen LogP contribution in [-0.4, -0.2) is 32.4 Å². The largest absolute Gasteiger partial charge is 0.351 e. The molecule has 156 valence electrons. The van der Waals surface area contributed by atoms with Gasteiger partial charge in [0.2, 0.25) is 0 Å². The second kappa shape index (κ2) is 8.78. The standard InChI is InChI=1S/C24H29N5O/c1-15(2)20-11-18(12-22-28-21-7-5-9-26-23(21)29-22)16(3)10-19(20)14-27-24(30)17-6-4-8-25-13-17/h4-10,13,15,18-20H,11-12,14H2,1-3H3,(H,27,30)(H,26,28,29). The van der Waals surface area contributed by atoms with Crippen LogP contribution in [0.4, 0.5) is 0 Å². The molecule has 4 rings (SSSR count). The number of aromatic amines is 1. The zero-order valence-corrected chi connectivity index (χ0v) is 17.8. The predicted octanol–water partition coefficient (Wildman–Crippen LogP) is 4.18. The summed E-state index contributed by atoms with van der Waals surface area (Å²) in [6, 6.07) is 7.52. The van der Waals surface area contributed by atoms with E-state index in [0.29, 0.717) is 35.8 Å². The van der Waals surface area contributed by atoms with Gasteiger partial charge in [-0.2, -0.15) is 0 Å². The first-order valence-electron chi connectivity index (χ1n) is 10.7. The SMILES string of the molecule is CC1=CC(CNC(=O)c2cccnc2)C(C(C)C)CC1Cc1nc2ncccc2[nH]1. The Kier molecular flexibility index (Phi) is 5.93. The van der Waals surface area contributed by atoms with Crippen LogP contribution in [-0.2, 0) is 6.42 Å². The van der Waals surface area contributed by atoms with Gasteiger partial charge in [-0.05, 0) is 61.3 Å². The lowest BCUT2D eigenvalue weighted by atomic mass is 9.69. The maximum absolute atomic E-state index is 12.4. The van der Waals surface area contributed by atoms with E-state index >= 15 is 0 Å². The van der Waals surface area contributed by atoms with Crippen molar-refractivity contribution in [3.05, 3.63) is 65.9 Å². The molecule has 0 aromatic carbocycles. The molecule has 0 saturated carbocycles. The number of carbonyl (C=O) groups is 1. The maximum atomic E-state index is 12.4. The molecule has 1 amide bonds. The normalized spacial score (nSPS) is 21.6. The van der Waals surface area contributed by atoms with Gasteiger partial charge in [-0.15, -0.1) is 0 Å². The Morgan fingerprint density at radius 2 is 2.10 bits per heavy atom. The molecule has 6 nitrogen and oxygen atoms in total. The number of allylic oxidation sites excluding steroid dienone is 1. The average molecular weight is 404 g/mol. The molecule has 0 bridgehead atoms. The Morgan fingerprint density at radius 3 is 2.83 bits per heavy atom. The van der Waals surface area contributed by atoms with Gasteiger partial charge in [-0.25, -0.2) is 9.97 Å². The second-order valence-electron chi connectivity index (χ2n) is 8.63. The number of hydrogen-bond donors (Lipinski definition) is 2. The number of carbonyl (C=O) groups excluding carboxylic acids is 1. The number of amides is 1. The minimum absolute atomic E-state index is 0.0615. The maximum Gasteiger partial charge on any atom is 0.252 e. The highest BCUT2D eigenvalue weighted by atomic mass is 16.1. The third-order valence-corrected chi connectivity index (χ3v) is 6.25. The van der Waals surface area contributed by atoms with Crippen LogP contribution in [0, 0.1) is 23.7 Å². The highest BCUT2D eigenvalue weighted by Gasteiger charge is 2.32. The fraction of sp³-hybridized carbons (Fsp3) is 0.417. The van der Waals surface area contributed by atoms with Crippen molar-refractivity contribution < 1.29 is 4.79 Å². The zero-order valence-electron chi connectivity index (χ0n) is 17.8. The van der Waals surface area contributed by atoms with Crippen molar-refractivity contribution in [1.82, 2.24) is 25.3 Å². The van der Waals surface area contributed by atoms with Gasteiger partial charge in [0.25, 0.3) is 5.91 Å². The first-order chi connectivity index (χ1) is 14.5. The molecule has 6 heteroatoms. The summed E-state index contributed by atoms with van der Waals surface area (Å²) in [5, 5.41) is 3.11. The third kappa shape index (κ3) is 4.42. The summed E-state index contributed by atoms with van der Waals surface area (Å²) < 4.78 is 0. The molecule has 3 atom stereocenters. The smallest absolute Gasteiger partial charge is 0.252 e. The number of aromatic nitrogens is 4. The van der Waals surface area contributed by atoms with Crippen molar-refractivity contribution >= 4 is 17.1 Å². The molecule has 0 aliphatic heterocycles. The first kappa shape index (κ1) is 20.3. The number of rotatable bonds is 6. The van der Waals surface area contributed by atoms with Crippen LogP contribution in [0.1, 0.15) is 43.4 Å². The lowest BCUT2D eigenvalue weighted by Crippen LogP contribution is -2.37. The van der Waals surface area contributed by atoms with Gasteiger partial charge in [0.15, 0.2) is 5.65 Å². The molecule has 1 aliphatic carbocycles. The highest BCUT2D eigenvalue weighted by Crippen LogP contribution is 2.38. The summed E-state index contributed by atoms with van der Waals surface area (Å²) in [6.07, 6.45) is 9.40. The summed E-state index contributed by atoms with van der Waals surface area (Å²) >= 11 is 0. The van der Waals surface area contributed by atoms with Crippen molar-refractivity contribution in [1.29, 1.82) is 0 Å². The van der Waals surface area contributed by atoms with E-state index in [1.165, 1.54) is 5.57 Å². The van der Waals surface area contributed by atoms with Crippen LogP contribution >= 0.6 is 0 Å². The average Bonchev–Trinajstić information content (AvgIpc) is 3.16. The van der Waals surface area contributed by atoms with Gasteiger partial charge in [-0.3, -0.25) is 9.78 Å². The number of pyridine rings is 2. The van der Waals surface area contributed by atoms with Crippen molar-refractivity contribution in [3.63, 3.8) is 0 Å². The van der Waals surface area contributed by atoms with Crippen molar-refractivity contribution in [2.45, 2.75) is 33.6 Å². The van der Waals surface area contributed by atoms with Gasteiger partial charge >= 0.3 is 0 Å². The zero-order chi connectivity index (χ0) is 21.1. The summed E-state index contributed by atoms with van der Waals surface area (Å²) in [5.74, 6) is 2.76. The molecular weight excluding hydrogens is 374 g/mol. The summed E-state index contributed by atoms with van der Waals surface area (Å²) in [4.78, 5) is 28.9. The lowest BCUT2D eigenvalue weighted by molar-refractivity contribution is 0.0938. The van der Waals surface area contributed by atoms with E-state index in [9.17, 15) is 4.79 Å². The van der Waals surface area contributed by atoms with Crippen molar-refractivity contribution in [3.8, 4) is 0 Å². The molecule has 0 spiro atoms. The fourth-order valence-corrected chi connectivity index (χ4v) is 4.54. The van der Waals surface area contributed by atoms with Crippen LogP contribution < -0.4 is 5.32 Å². The van der Waals surface area contributed by atoms with E-state index in [0.717, 1.165) is 29.8 Å². The van der Waals surface area contributed by atoms with Crippen LogP contribution in [0.15, 0.2) is 54.5 Å². The number of hydrogen-bond acceptors (Lipinski definition) is 4.